The number of hydrogen-bond acceptors (Lipinski definition) is 4. The van der Waals surface area contributed by atoms with Crippen LogP contribution in [0.2, 0.25) is 5.15 Å². The smallest absolute Gasteiger partial charge is 0.407 e. The second-order valence-corrected chi connectivity index (χ2v) is 6.76. The van der Waals surface area contributed by atoms with E-state index >= 15 is 0 Å². The van der Waals surface area contributed by atoms with Crippen LogP contribution in [0.25, 0.3) is 0 Å². The largest absolute Gasteiger partial charge is 0.444 e. The van der Waals surface area contributed by atoms with Gasteiger partial charge in [0.2, 0.25) is 0 Å². The summed E-state index contributed by atoms with van der Waals surface area (Å²) in [4.78, 5) is 27.7. The molecule has 6 nitrogen and oxygen atoms in total. The van der Waals surface area contributed by atoms with Gasteiger partial charge in [-0.15, -0.1) is 0 Å². The zero-order chi connectivity index (χ0) is 18.4. The van der Waals surface area contributed by atoms with E-state index in [0.717, 1.165) is 5.56 Å². The van der Waals surface area contributed by atoms with Crippen molar-refractivity contribution in [1.82, 2.24) is 10.3 Å². The number of ether oxygens (including phenoxy) is 1. The van der Waals surface area contributed by atoms with Gasteiger partial charge in [-0.2, -0.15) is 0 Å². The Labute approximate surface area is 151 Å². The molecule has 0 aliphatic rings. The molecule has 0 saturated heterocycles. The second kappa shape index (κ2) is 7.98. The van der Waals surface area contributed by atoms with Crippen LogP contribution in [0.4, 0.5) is 10.5 Å². The third-order valence-corrected chi connectivity index (χ3v) is 3.22. The molecule has 2 amide bonds. The molecule has 1 aromatic carbocycles. The summed E-state index contributed by atoms with van der Waals surface area (Å²) >= 11 is 5.79. The molecule has 0 saturated carbocycles. The van der Waals surface area contributed by atoms with E-state index < -0.39 is 11.7 Å². The topological polar surface area (TPSA) is 80.3 Å². The molecule has 0 spiro atoms. The van der Waals surface area contributed by atoms with Crippen molar-refractivity contribution in [3.05, 3.63) is 58.9 Å². The van der Waals surface area contributed by atoms with E-state index in [-0.39, 0.29) is 11.1 Å². The van der Waals surface area contributed by atoms with Crippen molar-refractivity contribution in [3.63, 3.8) is 0 Å². The fourth-order valence-corrected chi connectivity index (χ4v) is 2.17. The minimum absolute atomic E-state index is 0.253. The lowest BCUT2D eigenvalue weighted by Crippen LogP contribution is -2.32. The van der Waals surface area contributed by atoms with Crippen LogP contribution in [0.5, 0.6) is 0 Å². The predicted molar refractivity (Wildman–Crippen MR) is 96.7 cm³/mol. The van der Waals surface area contributed by atoms with Gasteiger partial charge in [0, 0.05) is 24.0 Å². The van der Waals surface area contributed by atoms with Gasteiger partial charge in [-0.25, -0.2) is 9.78 Å². The summed E-state index contributed by atoms with van der Waals surface area (Å²) in [5.74, 6) is -0.290. The lowest BCUT2D eigenvalue weighted by Gasteiger charge is -2.19. The van der Waals surface area contributed by atoms with Crippen molar-refractivity contribution >= 4 is 29.3 Å². The molecule has 0 aliphatic carbocycles. The Morgan fingerprint density at radius 3 is 2.64 bits per heavy atom. The third-order valence-electron chi connectivity index (χ3n) is 3.01. The van der Waals surface area contributed by atoms with Crippen molar-refractivity contribution < 1.29 is 14.3 Å². The number of rotatable bonds is 4. The third kappa shape index (κ3) is 6.43. The van der Waals surface area contributed by atoms with Crippen molar-refractivity contribution in [3.8, 4) is 0 Å². The summed E-state index contributed by atoms with van der Waals surface area (Å²) in [6.07, 6.45) is 0.978. The molecule has 1 heterocycles. The van der Waals surface area contributed by atoms with Crippen LogP contribution in [0.15, 0.2) is 42.6 Å². The van der Waals surface area contributed by atoms with Crippen LogP contribution in [0.3, 0.4) is 0 Å². The molecule has 0 aliphatic heterocycles. The molecule has 1 aromatic heterocycles. The fraction of sp³-hybridized carbons (Fsp3) is 0.278. The summed E-state index contributed by atoms with van der Waals surface area (Å²) in [6, 6.07) is 10.2. The number of carbonyl (C=O) groups excluding carboxylic acids is 2. The molecule has 0 unspecified atom stereocenters. The zero-order valence-corrected chi connectivity index (χ0v) is 15.1. The number of halogens is 1. The summed E-state index contributed by atoms with van der Waals surface area (Å²) < 4.78 is 5.19. The average molecular weight is 362 g/mol. The van der Waals surface area contributed by atoms with Gasteiger partial charge in [-0.3, -0.25) is 4.79 Å². The highest BCUT2D eigenvalue weighted by Gasteiger charge is 2.15. The Kier molecular flexibility index (Phi) is 5.98. The maximum absolute atomic E-state index is 12.2. The van der Waals surface area contributed by atoms with Gasteiger partial charge >= 0.3 is 6.09 Å². The molecule has 0 bridgehead atoms. The lowest BCUT2D eigenvalue weighted by atomic mass is 10.2. The monoisotopic (exact) mass is 361 g/mol. The number of carbonyl (C=O) groups is 2. The first-order valence-corrected chi connectivity index (χ1v) is 8.09. The van der Waals surface area contributed by atoms with Crippen molar-refractivity contribution in [1.29, 1.82) is 0 Å². The standard InChI is InChI=1S/C18H20ClN3O3/c1-18(2,3)25-17(24)21-11-12-5-4-6-14(9-12)22-16(23)13-7-8-20-15(19)10-13/h4-10H,11H2,1-3H3,(H,21,24)(H,22,23). The summed E-state index contributed by atoms with van der Waals surface area (Å²) in [5.41, 5.74) is 1.31. The molecule has 0 atom stereocenters. The van der Waals surface area contributed by atoms with Crippen LogP contribution in [0, 0.1) is 0 Å². The van der Waals surface area contributed by atoms with Crippen LogP contribution >= 0.6 is 11.6 Å². The highest BCUT2D eigenvalue weighted by molar-refractivity contribution is 6.29. The normalized spacial score (nSPS) is 10.9. The minimum Gasteiger partial charge on any atom is -0.444 e. The van der Waals surface area contributed by atoms with Crippen LogP contribution in [-0.4, -0.2) is 22.6 Å². The van der Waals surface area contributed by atoms with E-state index in [4.69, 9.17) is 16.3 Å². The Bertz CT molecular complexity index is 772. The van der Waals surface area contributed by atoms with Crippen LogP contribution in [-0.2, 0) is 11.3 Å². The van der Waals surface area contributed by atoms with Gasteiger partial charge in [0.25, 0.3) is 5.91 Å². The van der Waals surface area contributed by atoms with Crippen LogP contribution < -0.4 is 10.6 Å². The zero-order valence-electron chi connectivity index (χ0n) is 14.3. The number of pyridine rings is 1. The number of alkyl carbamates (subject to hydrolysis) is 1. The quantitative estimate of drug-likeness (QED) is 0.806. The number of nitrogens with zero attached hydrogens (tertiary/aromatic N) is 1. The van der Waals surface area contributed by atoms with Gasteiger partial charge < -0.3 is 15.4 Å². The molecule has 7 heteroatoms. The molecule has 0 fully saturated rings. The van der Waals surface area contributed by atoms with Crippen LogP contribution in [0.1, 0.15) is 36.7 Å². The predicted octanol–water partition coefficient (Wildman–Crippen LogP) is 4.01. The fourth-order valence-electron chi connectivity index (χ4n) is 1.99. The molecule has 2 N–H and O–H groups in total. The average Bonchev–Trinajstić information content (AvgIpc) is 2.52. The van der Waals surface area contributed by atoms with E-state index in [9.17, 15) is 9.59 Å². The number of nitrogens with one attached hydrogen (secondary N) is 2. The lowest BCUT2D eigenvalue weighted by molar-refractivity contribution is 0.0523. The highest BCUT2D eigenvalue weighted by atomic mass is 35.5. The van der Waals surface area contributed by atoms with Gasteiger partial charge in [0.1, 0.15) is 10.8 Å². The van der Waals surface area contributed by atoms with Gasteiger partial charge in [0.15, 0.2) is 0 Å². The Hall–Kier alpha value is -2.60. The van der Waals surface area contributed by atoms with Crippen molar-refractivity contribution in [2.45, 2.75) is 32.9 Å². The maximum Gasteiger partial charge on any atom is 0.407 e. The van der Waals surface area contributed by atoms with E-state index in [1.54, 1.807) is 45.0 Å². The van der Waals surface area contributed by atoms with Gasteiger partial charge in [-0.1, -0.05) is 23.7 Å². The molecule has 132 valence electrons. The van der Waals surface area contributed by atoms with E-state index in [2.05, 4.69) is 15.6 Å². The highest BCUT2D eigenvalue weighted by Crippen LogP contribution is 2.14. The summed E-state index contributed by atoms with van der Waals surface area (Å²) in [5, 5.41) is 5.71. The first kappa shape index (κ1) is 18.7. The SMILES string of the molecule is CC(C)(C)OC(=O)NCc1cccc(NC(=O)c2ccnc(Cl)c2)c1. The Morgan fingerprint density at radius 2 is 1.96 bits per heavy atom. The number of hydrogen-bond donors (Lipinski definition) is 2. The van der Waals surface area contributed by atoms with E-state index in [1.165, 1.54) is 12.3 Å². The molecule has 2 aromatic rings. The van der Waals surface area contributed by atoms with Crippen molar-refractivity contribution in [2.24, 2.45) is 0 Å². The molecular formula is C18H20ClN3O3. The maximum atomic E-state index is 12.2. The molecular weight excluding hydrogens is 342 g/mol. The first-order chi connectivity index (χ1) is 11.7. The Balaban J connectivity index is 1.97. The number of amides is 2. The number of anilines is 1. The minimum atomic E-state index is -0.550. The molecule has 2 rings (SSSR count). The van der Waals surface area contributed by atoms with E-state index in [0.29, 0.717) is 17.8 Å². The first-order valence-electron chi connectivity index (χ1n) is 7.72. The molecule has 0 radical (unpaired) electrons. The van der Waals surface area contributed by atoms with Gasteiger partial charge in [-0.05, 0) is 50.6 Å². The Morgan fingerprint density at radius 1 is 1.20 bits per heavy atom. The van der Waals surface area contributed by atoms with Crippen molar-refractivity contribution in [2.75, 3.05) is 5.32 Å². The van der Waals surface area contributed by atoms with E-state index in [1.807, 2.05) is 6.07 Å². The number of aromatic nitrogens is 1. The summed E-state index contributed by atoms with van der Waals surface area (Å²) in [6.45, 7) is 5.69. The second-order valence-electron chi connectivity index (χ2n) is 6.38. The number of benzene rings is 1. The summed E-state index contributed by atoms with van der Waals surface area (Å²) in [7, 11) is 0. The molecule has 25 heavy (non-hydrogen) atoms. The van der Waals surface area contributed by atoms with Gasteiger partial charge in [0.05, 0.1) is 0 Å².